The number of rotatable bonds is 1. The first-order chi connectivity index (χ1) is 10.0. The molecule has 6 heteroatoms. The molecular formula is C15H17F3N2O. The van der Waals surface area contributed by atoms with E-state index in [1.54, 1.807) is 0 Å². The summed E-state index contributed by atoms with van der Waals surface area (Å²) < 4.78 is 40.5. The van der Waals surface area contributed by atoms with Crippen molar-refractivity contribution in [2.24, 2.45) is 0 Å². The number of benzene rings is 1. The van der Waals surface area contributed by atoms with E-state index in [4.69, 9.17) is 0 Å². The van der Waals surface area contributed by atoms with Crippen LogP contribution in [-0.4, -0.2) is 30.7 Å². The predicted octanol–water partition coefficient (Wildman–Crippen LogP) is 2.55. The Balaban J connectivity index is 2.02. The van der Waals surface area contributed by atoms with Crippen LogP contribution in [0, 0.1) is 11.6 Å². The Bertz CT molecular complexity index is 558. The second-order valence-corrected chi connectivity index (χ2v) is 5.81. The van der Waals surface area contributed by atoms with Gasteiger partial charge in [0.2, 0.25) is 5.91 Å². The molecule has 21 heavy (non-hydrogen) atoms. The molecule has 2 saturated heterocycles. The molecule has 1 amide bonds. The highest BCUT2D eigenvalue weighted by Gasteiger charge is 2.47. The maximum absolute atomic E-state index is 13.9. The number of halogens is 3. The first kappa shape index (κ1) is 14.4. The van der Waals surface area contributed by atoms with E-state index in [1.165, 1.54) is 11.0 Å². The van der Waals surface area contributed by atoms with Crippen LogP contribution in [0.3, 0.4) is 0 Å². The minimum atomic E-state index is -1.17. The van der Waals surface area contributed by atoms with Crippen LogP contribution >= 0.6 is 0 Å². The summed E-state index contributed by atoms with van der Waals surface area (Å²) in [5.74, 6) is -2.31. The van der Waals surface area contributed by atoms with Gasteiger partial charge in [-0.1, -0.05) is 0 Å². The maximum atomic E-state index is 13.9. The van der Waals surface area contributed by atoms with Gasteiger partial charge in [-0.25, -0.2) is 13.2 Å². The summed E-state index contributed by atoms with van der Waals surface area (Å²) in [7, 11) is 0. The van der Waals surface area contributed by atoms with Gasteiger partial charge in [0.1, 0.15) is 6.17 Å². The molecule has 1 N–H and O–H groups in total. The number of alkyl halides is 1. The molecule has 1 spiro atoms. The third-order valence-corrected chi connectivity index (χ3v) is 4.42. The summed E-state index contributed by atoms with van der Waals surface area (Å²) in [6.45, 7) is 1.36. The van der Waals surface area contributed by atoms with Crippen LogP contribution in [0.1, 0.15) is 25.7 Å². The van der Waals surface area contributed by atoms with Crippen molar-refractivity contribution in [3.8, 4) is 0 Å². The zero-order valence-corrected chi connectivity index (χ0v) is 11.5. The van der Waals surface area contributed by atoms with E-state index in [1.807, 2.05) is 0 Å². The molecule has 1 aromatic carbocycles. The molecule has 0 radical (unpaired) electrons. The fourth-order valence-electron chi connectivity index (χ4n) is 3.48. The van der Waals surface area contributed by atoms with Crippen molar-refractivity contribution >= 4 is 11.6 Å². The van der Waals surface area contributed by atoms with Gasteiger partial charge in [-0.2, -0.15) is 0 Å². The molecule has 3 rings (SSSR count). The third kappa shape index (κ3) is 2.52. The average Bonchev–Trinajstić information content (AvgIpc) is 2.42. The van der Waals surface area contributed by atoms with Crippen LogP contribution in [0.5, 0.6) is 0 Å². The average molecular weight is 298 g/mol. The highest BCUT2D eigenvalue weighted by atomic mass is 19.2. The summed E-state index contributed by atoms with van der Waals surface area (Å²) in [4.78, 5) is 13.8. The molecule has 2 fully saturated rings. The van der Waals surface area contributed by atoms with Crippen molar-refractivity contribution in [2.45, 2.75) is 37.4 Å². The van der Waals surface area contributed by atoms with Crippen LogP contribution < -0.4 is 10.2 Å². The number of anilines is 1. The fourth-order valence-corrected chi connectivity index (χ4v) is 3.48. The molecule has 0 aliphatic carbocycles. The minimum Gasteiger partial charge on any atom is -0.317 e. The van der Waals surface area contributed by atoms with Crippen LogP contribution in [-0.2, 0) is 4.79 Å². The van der Waals surface area contributed by atoms with E-state index >= 15 is 0 Å². The first-order valence-electron chi connectivity index (χ1n) is 7.15. The van der Waals surface area contributed by atoms with Crippen LogP contribution in [0.25, 0.3) is 0 Å². The molecular weight excluding hydrogens is 281 g/mol. The Morgan fingerprint density at radius 3 is 2.57 bits per heavy atom. The van der Waals surface area contributed by atoms with Gasteiger partial charge in [0.05, 0.1) is 12.0 Å². The van der Waals surface area contributed by atoms with E-state index < -0.39 is 23.3 Å². The lowest BCUT2D eigenvalue weighted by Crippen LogP contribution is -2.61. The molecule has 3 nitrogen and oxygen atoms in total. The van der Waals surface area contributed by atoms with E-state index in [2.05, 4.69) is 5.32 Å². The monoisotopic (exact) mass is 298 g/mol. The number of hydrogen-bond acceptors (Lipinski definition) is 2. The molecule has 0 aromatic heterocycles. The number of amides is 1. The van der Waals surface area contributed by atoms with E-state index in [-0.39, 0.29) is 18.7 Å². The molecule has 114 valence electrons. The second kappa shape index (κ2) is 5.33. The SMILES string of the molecule is O=C1CC(F)CC2(CCNCC2)N1c1ccc(F)c(F)c1. The standard InChI is InChI=1S/C15H17F3N2O/c16-10-7-14(21)20(11-1-2-12(17)13(18)8-11)15(9-10)3-5-19-6-4-15/h1-2,8,10,19H,3-7,9H2. The molecule has 2 heterocycles. The number of nitrogens with zero attached hydrogens (tertiary/aromatic N) is 1. The van der Waals surface area contributed by atoms with Gasteiger partial charge in [0.25, 0.3) is 0 Å². The van der Waals surface area contributed by atoms with Gasteiger partial charge < -0.3 is 10.2 Å². The van der Waals surface area contributed by atoms with Crippen molar-refractivity contribution in [1.82, 2.24) is 5.32 Å². The Morgan fingerprint density at radius 2 is 1.90 bits per heavy atom. The Morgan fingerprint density at radius 1 is 1.19 bits per heavy atom. The van der Waals surface area contributed by atoms with Gasteiger partial charge in [0, 0.05) is 18.2 Å². The van der Waals surface area contributed by atoms with Crippen molar-refractivity contribution in [3.05, 3.63) is 29.8 Å². The van der Waals surface area contributed by atoms with Gasteiger partial charge >= 0.3 is 0 Å². The van der Waals surface area contributed by atoms with Crippen molar-refractivity contribution in [2.75, 3.05) is 18.0 Å². The van der Waals surface area contributed by atoms with E-state index in [0.717, 1.165) is 12.1 Å². The van der Waals surface area contributed by atoms with E-state index in [9.17, 15) is 18.0 Å². The third-order valence-electron chi connectivity index (χ3n) is 4.42. The number of piperidine rings is 2. The predicted molar refractivity (Wildman–Crippen MR) is 72.8 cm³/mol. The molecule has 2 aliphatic heterocycles. The Labute approximate surface area is 121 Å². The lowest BCUT2D eigenvalue weighted by molar-refractivity contribution is -0.123. The molecule has 0 bridgehead atoms. The van der Waals surface area contributed by atoms with Gasteiger partial charge in [-0.3, -0.25) is 4.79 Å². The number of carbonyl (C=O) groups excluding carboxylic acids is 1. The topological polar surface area (TPSA) is 32.3 Å². The summed E-state index contributed by atoms with van der Waals surface area (Å²) in [5.41, 5.74) is -0.322. The maximum Gasteiger partial charge on any atom is 0.230 e. The Hall–Kier alpha value is -1.56. The highest BCUT2D eigenvalue weighted by Crippen LogP contribution is 2.40. The number of carbonyl (C=O) groups is 1. The largest absolute Gasteiger partial charge is 0.317 e. The van der Waals surface area contributed by atoms with Crippen LogP contribution in [0.4, 0.5) is 18.9 Å². The lowest BCUT2D eigenvalue weighted by Gasteiger charge is -2.50. The van der Waals surface area contributed by atoms with E-state index in [0.29, 0.717) is 31.6 Å². The Kier molecular flexibility index (Phi) is 3.65. The zero-order valence-electron chi connectivity index (χ0n) is 11.5. The highest BCUT2D eigenvalue weighted by molar-refractivity contribution is 5.96. The van der Waals surface area contributed by atoms with Crippen molar-refractivity contribution < 1.29 is 18.0 Å². The second-order valence-electron chi connectivity index (χ2n) is 5.81. The van der Waals surface area contributed by atoms with Crippen LogP contribution in [0.15, 0.2) is 18.2 Å². The molecule has 2 aliphatic rings. The number of hydrogen-bond donors (Lipinski definition) is 1. The number of nitrogens with one attached hydrogen (secondary N) is 1. The van der Waals surface area contributed by atoms with Gasteiger partial charge in [-0.15, -0.1) is 0 Å². The quantitative estimate of drug-likeness (QED) is 0.864. The summed E-state index contributed by atoms with van der Waals surface area (Å²) in [6.07, 6.45) is 0.0984. The summed E-state index contributed by atoms with van der Waals surface area (Å²) >= 11 is 0. The first-order valence-corrected chi connectivity index (χ1v) is 7.15. The van der Waals surface area contributed by atoms with Gasteiger partial charge in [0.15, 0.2) is 11.6 Å². The lowest BCUT2D eigenvalue weighted by atomic mass is 9.77. The molecule has 1 atom stereocenters. The van der Waals surface area contributed by atoms with Crippen LogP contribution in [0.2, 0.25) is 0 Å². The molecule has 0 saturated carbocycles. The molecule has 1 aromatic rings. The smallest absolute Gasteiger partial charge is 0.230 e. The molecule has 1 unspecified atom stereocenters. The summed E-state index contributed by atoms with van der Waals surface area (Å²) in [5, 5.41) is 3.18. The summed E-state index contributed by atoms with van der Waals surface area (Å²) in [6, 6.07) is 3.42. The van der Waals surface area contributed by atoms with Crippen molar-refractivity contribution in [3.63, 3.8) is 0 Å². The fraction of sp³-hybridized carbons (Fsp3) is 0.533. The normalized spacial score (nSPS) is 25.4. The van der Waals surface area contributed by atoms with Gasteiger partial charge in [-0.05, 0) is 38.1 Å². The minimum absolute atomic E-state index is 0.200. The van der Waals surface area contributed by atoms with Crippen molar-refractivity contribution in [1.29, 1.82) is 0 Å². The zero-order chi connectivity index (χ0) is 15.0.